The van der Waals surface area contributed by atoms with Crippen molar-refractivity contribution in [1.29, 1.82) is 0 Å². The van der Waals surface area contributed by atoms with Gasteiger partial charge in [0, 0.05) is 11.4 Å². The molecule has 7 heteroatoms. The zero-order valence-electron chi connectivity index (χ0n) is 12.4. The van der Waals surface area contributed by atoms with Gasteiger partial charge in [-0.3, -0.25) is 4.79 Å². The Bertz CT molecular complexity index is 642. The van der Waals surface area contributed by atoms with Crippen molar-refractivity contribution in [2.75, 3.05) is 11.1 Å². The molecule has 0 aliphatic carbocycles. The highest BCUT2D eigenvalue weighted by molar-refractivity contribution is 8.04. The Balaban J connectivity index is 1.87. The third kappa shape index (κ3) is 5.47. The van der Waals surface area contributed by atoms with Crippen LogP contribution in [0.15, 0.2) is 51.2 Å². The molecule has 1 aromatic heterocycles. The van der Waals surface area contributed by atoms with Gasteiger partial charge in [0.15, 0.2) is 8.68 Å². The molecular weight excluding hydrogens is 334 g/mol. The number of amides is 1. The van der Waals surface area contributed by atoms with Crippen molar-refractivity contribution in [3.63, 3.8) is 0 Å². The second-order valence-electron chi connectivity index (χ2n) is 4.70. The van der Waals surface area contributed by atoms with Crippen molar-refractivity contribution < 1.29 is 4.79 Å². The van der Waals surface area contributed by atoms with E-state index >= 15 is 0 Å². The number of carbonyl (C=O) groups is 1. The molecule has 0 fully saturated rings. The lowest BCUT2D eigenvalue weighted by molar-refractivity contribution is -0.115. The van der Waals surface area contributed by atoms with Crippen molar-refractivity contribution >= 4 is 46.5 Å². The molecule has 0 radical (unpaired) electrons. The van der Waals surface area contributed by atoms with Gasteiger partial charge in [-0.1, -0.05) is 65.2 Å². The van der Waals surface area contributed by atoms with Crippen molar-refractivity contribution in [3.05, 3.63) is 42.5 Å². The van der Waals surface area contributed by atoms with E-state index in [0.717, 1.165) is 25.7 Å². The maximum atomic E-state index is 12.1. The molecule has 1 heterocycles. The first-order valence-corrected chi connectivity index (χ1v) is 9.36. The van der Waals surface area contributed by atoms with Crippen LogP contribution >= 0.6 is 34.9 Å². The molecule has 2 aromatic rings. The van der Waals surface area contributed by atoms with Crippen LogP contribution in [0.2, 0.25) is 0 Å². The molecule has 0 unspecified atom stereocenters. The number of benzene rings is 1. The molecule has 1 N–H and O–H groups in total. The Morgan fingerprint density at radius 1 is 1.32 bits per heavy atom. The maximum absolute atomic E-state index is 12.1. The zero-order valence-corrected chi connectivity index (χ0v) is 14.9. The summed E-state index contributed by atoms with van der Waals surface area (Å²) in [5, 5.41) is 10.9. The molecule has 1 amide bonds. The van der Waals surface area contributed by atoms with Gasteiger partial charge in [-0.05, 0) is 26.0 Å². The first-order valence-electron chi connectivity index (χ1n) is 6.68. The number of carbonyl (C=O) groups excluding carboxylic acids is 1. The molecule has 0 aliphatic rings. The minimum Gasteiger partial charge on any atom is -0.325 e. The number of anilines is 1. The highest BCUT2D eigenvalue weighted by atomic mass is 32.2. The fourth-order valence-corrected chi connectivity index (χ4v) is 4.47. The van der Waals surface area contributed by atoms with Crippen molar-refractivity contribution in [1.82, 2.24) is 10.2 Å². The minimum absolute atomic E-state index is 0.0393. The summed E-state index contributed by atoms with van der Waals surface area (Å²) in [4.78, 5) is 12.1. The van der Waals surface area contributed by atoms with E-state index in [2.05, 4.69) is 22.1 Å². The molecule has 116 valence electrons. The smallest absolute Gasteiger partial charge is 0.237 e. The largest absolute Gasteiger partial charge is 0.325 e. The van der Waals surface area contributed by atoms with E-state index in [4.69, 9.17) is 0 Å². The summed E-state index contributed by atoms with van der Waals surface area (Å²) in [7, 11) is 0. The summed E-state index contributed by atoms with van der Waals surface area (Å²) in [6.07, 6.45) is 0. The van der Waals surface area contributed by atoms with E-state index < -0.39 is 0 Å². The minimum atomic E-state index is -0.229. The molecule has 0 spiro atoms. The molecule has 0 saturated heterocycles. The zero-order chi connectivity index (χ0) is 15.9. The summed E-state index contributed by atoms with van der Waals surface area (Å²) in [6, 6.07) is 9.44. The van der Waals surface area contributed by atoms with Gasteiger partial charge in [0.05, 0.1) is 5.25 Å². The van der Waals surface area contributed by atoms with Crippen LogP contribution in [0.3, 0.4) is 0 Å². The van der Waals surface area contributed by atoms with Crippen LogP contribution in [-0.2, 0) is 4.79 Å². The van der Waals surface area contributed by atoms with E-state index in [-0.39, 0.29) is 11.2 Å². The van der Waals surface area contributed by atoms with Gasteiger partial charge in [0.1, 0.15) is 0 Å². The molecule has 4 nitrogen and oxygen atoms in total. The van der Waals surface area contributed by atoms with Gasteiger partial charge in [0.2, 0.25) is 5.91 Å². The molecule has 1 atom stereocenters. The summed E-state index contributed by atoms with van der Waals surface area (Å²) < 4.78 is 1.71. The predicted molar refractivity (Wildman–Crippen MR) is 95.8 cm³/mol. The Kier molecular flexibility index (Phi) is 6.48. The monoisotopic (exact) mass is 351 g/mol. The van der Waals surface area contributed by atoms with E-state index in [1.165, 1.54) is 23.1 Å². The second kappa shape index (κ2) is 8.36. The lowest BCUT2D eigenvalue weighted by Crippen LogP contribution is -2.22. The summed E-state index contributed by atoms with van der Waals surface area (Å²) >= 11 is 4.55. The number of hydrogen-bond donors (Lipinski definition) is 1. The van der Waals surface area contributed by atoms with Gasteiger partial charge in [-0.15, -0.1) is 10.2 Å². The van der Waals surface area contributed by atoms with Crippen molar-refractivity contribution in [2.45, 2.75) is 27.8 Å². The third-order valence-electron chi connectivity index (χ3n) is 2.52. The van der Waals surface area contributed by atoms with Crippen LogP contribution < -0.4 is 5.32 Å². The Labute approximate surface area is 142 Å². The van der Waals surface area contributed by atoms with E-state index in [1.54, 1.807) is 11.8 Å². The second-order valence-corrected chi connectivity index (χ2v) is 8.48. The quantitative estimate of drug-likeness (QED) is 0.594. The average Bonchev–Trinajstić information content (AvgIpc) is 2.93. The number of aromatic nitrogens is 2. The van der Waals surface area contributed by atoms with Gasteiger partial charge in [-0.2, -0.15) is 0 Å². The third-order valence-corrected chi connectivity index (χ3v) is 5.99. The van der Waals surface area contributed by atoms with Crippen LogP contribution in [0.5, 0.6) is 0 Å². The number of para-hydroxylation sites is 1. The first-order chi connectivity index (χ1) is 10.5. The van der Waals surface area contributed by atoms with E-state index in [1.807, 2.05) is 44.2 Å². The van der Waals surface area contributed by atoms with E-state index in [0.29, 0.717) is 0 Å². The highest BCUT2D eigenvalue weighted by Crippen LogP contribution is 2.32. The Morgan fingerprint density at radius 3 is 2.68 bits per heavy atom. The molecule has 22 heavy (non-hydrogen) atoms. The van der Waals surface area contributed by atoms with Gasteiger partial charge in [-0.25, -0.2) is 0 Å². The van der Waals surface area contributed by atoms with Crippen LogP contribution in [0.1, 0.15) is 13.8 Å². The van der Waals surface area contributed by atoms with Gasteiger partial charge >= 0.3 is 0 Å². The number of hydrogen-bond acceptors (Lipinski definition) is 6. The van der Waals surface area contributed by atoms with Gasteiger partial charge in [0.25, 0.3) is 0 Å². The molecule has 0 saturated carbocycles. The van der Waals surface area contributed by atoms with Crippen LogP contribution in [-0.4, -0.2) is 27.1 Å². The normalized spacial score (nSPS) is 11.9. The van der Waals surface area contributed by atoms with Crippen molar-refractivity contribution in [3.8, 4) is 0 Å². The average molecular weight is 352 g/mol. The number of thioether (sulfide) groups is 2. The highest BCUT2D eigenvalue weighted by Gasteiger charge is 2.17. The topological polar surface area (TPSA) is 54.9 Å². The van der Waals surface area contributed by atoms with E-state index in [9.17, 15) is 4.79 Å². The molecule has 2 rings (SSSR count). The van der Waals surface area contributed by atoms with Crippen LogP contribution in [0.25, 0.3) is 0 Å². The maximum Gasteiger partial charge on any atom is 0.237 e. The first kappa shape index (κ1) is 17.1. The van der Waals surface area contributed by atoms with Gasteiger partial charge < -0.3 is 5.32 Å². The molecule has 0 aliphatic heterocycles. The SMILES string of the molecule is C=C(C)CSc1nnc(S[C@@H](C)C(=O)Nc2ccccc2)s1. The van der Waals surface area contributed by atoms with Crippen LogP contribution in [0.4, 0.5) is 5.69 Å². The summed E-state index contributed by atoms with van der Waals surface area (Å²) in [6.45, 7) is 7.72. The van der Waals surface area contributed by atoms with Crippen molar-refractivity contribution in [2.24, 2.45) is 0 Å². The molecule has 1 aromatic carbocycles. The molecule has 0 bridgehead atoms. The lowest BCUT2D eigenvalue weighted by atomic mass is 10.3. The standard InChI is InChI=1S/C15H17N3OS3/c1-10(2)9-20-14-17-18-15(22-14)21-11(3)13(19)16-12-7-5-4-6-8-12/h4-8,11H,1,9H2,2-3H3,(H,16,19)/t11-/m0/s1. The summed E-state index contributed by atoms with van der Waals surface area (Å²) in [5.74, 6) is 0.797. The number of rotatable bonds is 7. The van der Waals surface area contributed by atoms with Crippen LogP contribution in [0, 0.1) is 0 Å². The number of nitrogens with zero attached hydrogens (tertiary/aromatic N) is 2. The Morgan fingerprint density at radius 2 is 2.00 bits per heavy atom. The lowest BCUT2D eigenvalue weighted by Gasteiger charge is -2.09. The number of nitrogens with one attached hydrogen (secondary N) is 1. The fraction of sp³-hybridized carbons (Fsp3) is 0.267. The molecular formula is C15H17N3OS3. The summed E-state index contributed by atoms with van der Waals surface area (Å²) in [5.41, 5.74) is 1.90. The fourth-order valence-electron chi connectivity index (χ4n) is 1.46. The predicted octanol–water partition coefficient (Wildman–Crippen LogP) is 4.33. The Hall–Kier alpha value is -1.31.